The van der Waals surface area contributed by atoms with E-state index in [9.17, 15) is 0 Å². The summed E-state index contributed by atoms with van der Waals surface area (Å²) in [5.74, 6) is 3.94. The van der Waals surface area contributed by atoms with Crippen LogP contribution in [0.2, 0.25) is 0 Å². The van der Waals surface area contributed by atoms with Gasteiger partial charge in [-0.15, -0.1) is 5.54 Å². The summed E-state index contributed by atoms with van der Waals surface area (Å²) in [7, 11) is -2.80. The van der Waals surface area contributed by atoms with E-state index in [1.165, 1.54) is 59.4 Å². The van der Waals surface area contributed by atoms with E-state index in [0.29, 0.717) is 0 Å². The van der Waals surface area contributed by atoms with Crippen LogP contribution in [0.25, 0.3) is 43.8 Å². The lowest BCUT2D eigenvalue weighted by Gasteiger charge is -2.28. The average molecular weight is 613 g/mol. The minimum absolute atomic E-state index is 1.08. The minimum Gasteiger partial charge on any atom is -0.109 e. The molecule has 8 rings (SSSR count). The lowest BCUT2D eigenvalue weighted by molar-refractivity contribution is 1.63. The van der Waals surface area contributed by atoms with E-state index < -0.39 is 8.07 Å². The lowest BCUT2D eigenvalue weighted by Crippen LogP contribution is -2.66. The second-order valence-electron chi connectivity index (χ2n) is 11.9. The summed E-state index contributed by atoms with van der Waals surface area (Å²) in [6.07, 6.45) is 0. The highest BCUT2D eigenvalue weighted by Crippen LogP contribution is 2.40. The van der Waals surface area contributed by atoms with E-state index in [-0.39, 0.29) is 0 Å². The van der Waals surface area contributed by atoms with E-state index >= 15 is 0 Å². The molecule has 0 atom stereocenters. The zero-order valence-electron chi connectivity index (χ0n) is 26.0. The number of fused-ring (bicyclic) bond motifs is 2. The van der Waals surface area contributed by atoms with Crippen LogP contribution in [0.4, 0.5) is 0 Å². The zero-order valence-corrected chi connectivity index (χ0v) is 27.0. The number of hydrogen-bond donors (Lipinski definition) is 0. The standard InChI is InChI=1S/C46H32Si/c1-6-18-35(19-7-1)37-30-31-44-45(34-37)42(41-28-16-17-29-43(41)46(44)36-20-8-2-9-21-36)32-33-47(38-22-10-3-11-23-38,39-24-12-4-13-25-39)40-26-14-5-15-27-40/h1-31,34H. The van der Waals surface area contributed by atoms with Crippen LogP contribution >= 0.6 is 0 Å². The van der Waals surface area contributed by atoms with Gasteiger partial charge in [0.25, 0.3) is 0 Å². The van der Waals surface area contributed by atoms with Gasteiger partial charge in [0, 0.05) is 5.56 Å². The monoisotopic (exact) mass is 612 g/mol. The van der Waals surface area contributed by atoms with Crippen molar-refractivity contribution in [3.8, 4) is 33.7 Å². The molecule has 0 saturated carbocycles. The largest absolute Gasteiger partial charge is 0.230 e. The second-order valence-corrected chi connectivity index (χ2v) is 15.4. The summed E-state index contributed by atoms with van der Waals surface area (Å²) in [5, 5.41) is 8.62. The van der Waals surface area contributed by atoms with E-state index in [4.69, 9.17) is 0 Å². The Labute approximate surface area is 277 Å². The maximum atomic E-state index is 4.09. The SMILES string of the molecule is C(#C[Si](c1ccccc1)(c1ccccc1)c1ccccc1)c1c2ccccc2c(-c2ccccc2)c2ccc(-c3ccccc3)cc12. The van der Waals surface area contributed by atoms with Gasteiger partial charge in [0.05, 0.1) is 0 Å². The minimum atomic E-state index is -2.80. The highest BCUT2D eigenvalue weighted by atomic mass is 28.3. The topological polar surface area (TPSA) is 0 Å². The number of rotatable bonds is 5. The molecule has 0 unspecified atom stereocenters. The Kier molecular flexibility index (Phi) is 7.56. The van der Waals surface area contributed by atoms with Crippen molar-refractivity contribution in [1.29, 1.82) is 0 Å². The lowest BCUT2D eigenvalue weighted by atomic mass is 9.87. The molecule has 47 heavy (non-hydrogen) atoms. The first-order valence-electron chi connectivity index (χ1n) is 16.1. The Morgan fingerprint density at radius 3 is 1.28 bits per heavy atom. The molecule has 0 bridgehead atoms. The third-order valence-corrected chi connectivity index (χ3v) is 13.3. The molecular weight excluding hydrogens is 581 g/mol. The predicted octanol–water partition coefficient (Wildman–Crippen LogP) is 9.39. The Balaban J connectivity index is 1.50. The summed E-state index contributed by atoms with van der Waals surface area (Å²) < 4.78 is 0. The molecule has 8 aromatic rings. The molecule has 0 radical (unpaired) electrons. The summed E-state index contributed by atoms with van der Waals surface area (Å²) in [6.45, 7) is 0. The third kappa shape index (κ3) is 5.16. The van der Waals surface area contributed by atoms with Gasteiger partial charge in [-0.3, -0.25) is 0 Å². The summed E-state index contributed by atoms with van der Waals surface area (Å²) >= 11 is 0. The van der Waals surface area contributed by atoms with Crippen LogP contribution in [0.15, 0.2) is 194 Å². The van der Waals surface area contributed by atoms with Gasteiger partial charge >= 0.3 is 0 Å². The fraction of sp³-hybridized carbons (Fsp3) is 0. The van der Waals surface area contributed by atoms with Crippen LogP contribution in [0.1, 0.15) is 5.56 Å². The van der Waals surface area contributed by atoms with Gasteiger partial charge < -0.3 is 0 Å². The molecule has 0 aromatic heterocycles. The van der Waals surface area contributed by atoms with Crippen LogP contribution in [-0.4, -0.2) is 8.07 Å². The maximum Gasteiger partial charge on any atom is 0.230 e. The van der Waals surface area contributed by atoms with Gasteiger partial charge in [0.1, 0.15) is 0 Å². The smallest absolute Gasteiger partial charge is 0.109 e. The quantitative estimate of drug-likeness (QED) is 0.0786. The van der Waals surface area contributed by atoms with Crippen LogP contribution in [-0.2, 0) is 0 Å². The summed E-state index contributed by atoms with van der Waals surface area (Å²) in [6, 6.07) is 69.9. The number of hydrogen-bond acceptors (Lipinski definition) is 0. The molecule has 0 fully saturated rings. The molecule has 0 saturated heterocycles. The first-order valence-corrected chi connectivity index (χ1v) is 18.1. The second kappa shape index (κ2) is 12.5. The zero-order chi connectivity index (χ0) is 31.5. The molecule has 0 aliphatic carbocycles. The van der Waals surface area contributed by atoms with Crippen LogP contribution in [0, 0.1) is 11.5 Å². The van der Waals surface area contributed by atoms with Crippen molar-refractivity contribution in [1.82, 2.24) is 0 Å². The molecule has 0 nitrogen and oxygen atoms in total. The first-order chi connectivity index (χ1) is 23.3. The molecule has 0 N–H and O–H groups in total. The highest BCUT2D eigenvalue weighted by Gasteiger charge is 2.38. The van der Waals surface area contributed by atoms with E-state index in [1.54, 1.807) is 0 Å². The molecular formula is C46H32Si. The normalized spacial score (nSPS) is 11.2. The first kappa shape index (κ1) is 28.5. The molecule has 1 heteroatoms. The van der Waals surface area contributed by atoms with Crippen LogP contribution in [0.3, 0.4) is 0 Å². The van der Waals surface area contributed by atoms with Crippen molar-refractivity contribution in [2.75, 3.05) is 0 Å². The molecule has 0 spiro atoms. The van der Waals surface area contributed by atoms with Crippen LogP contribution in [0.5, 0.6) is 0 Å². The van der Waals surface area contributed by atoms with E-state index in [0.717, 1.165) is 5.56 Å². The van der Waals surface area contributed by atoms with Crippen molar-refractivity contribution in [2.45, 2.75) is 0 Å². The Bertz CT molecular complexity index is 2270. The van der Waals surface area contributed by atoms with Crippen molar-refractivity contribution < 1.29 is 0 Å². The van der Waals surface area contributed by atoms with Crippen molar-refractivity contribution in [2.24, 2.45) is 0 Å². The molecule has 8 aromatic carbocycles. The Morgan fingerprint density at radius 1 is 0.319 bits per heavy atom. The Hall–Kier alpha value is -5.94. The average Bonchev–Trinajstić information content (AvgIpc) is 3.16. The van der Waals surface area contributed by atoms with E-state index in [2.05, 4.69) is 206 Å². The predicted molar refractivity (Wildman–Crippen MR) is 203 cm³/mol. The van der Waals surface area contributed by atoms with Gasteiger partial charge in [-0.2, -0.15) is 0 Å². The third-order valence-electron chi connectivity index (χ3n) is 9.19. The van der Waals surface area contributed by atoms with E-state index in [1.807, 2.05) is 0 Å². The van der Waals surface area contributed by atoms with Gasteiger partial charge in [-0.1, -0.05) is 194 Å². The van der Waals surface area contributed by atoms with Gasteiger partial charge in [0.2, 0.25) is 8.07 Å². The van der Waals surface area contributed by atoms with Crippen molar-refractivity contribution in [3.63, 3.8) is 0 Å². The molecule has 220 valence electrons. The maximum absolute atomic E-state index is 4.09. The summed E-state index contributed by atoms with van der Waals surface area (Å²) in [5.41, 5.74) is 10.0. The fourth-order valence-electron chi connectivity index (χ4n) is 6.98. The molecule has 0 aliphatic rings. The highest BCUT2D eigenvalue weighted by molar-refractivity contribution is 7.16. The van der Waals surface area contributed by atoms with Gasteiger partial charge in [0.15, 0.2) is 0 Å². The van der Waals surface area contributed by atoms with Crippen molar-refractivity contribution >= 4 is 45.2 Å². The number of benzene rings is 8. The molecule has 0 heterocycles. The van der Waals surface area contributed by atoms with Gasteiger partial charge in [-0.25, -0.2) is 0 Å². The Morgan fingerprint density at radius 2 is 0.745 bits per heavy atom. The molecule has 0 amide bonds. The summed E-state index contributed by atoms with van der Waals surface area (Å²) in [4.78, 5) is 0. The van der Waals surface area contributed by atoms with Crippen LogP contribution < -0.4 is 15.6 Å². The molecule has 0 aliphatic heterocycles. The fourth-order valence-corrected chi connectivity index (χ4v) is 10.8. The van der Waals surface area contributed by atoms with Gasteiger partial charge in [-0.05, 0) is 65.4 Å². The van der Waals surface area contributed by atoms with Crippen molar-refractivity contribution in [3.05, 3.63) is 200 Å².